The Labute approximate surface area is 371 Å². The summed E-state index contributed by atoms with van der Waals surface area (Å²) in [6, 6.07) is 16.1. The fourth-order valence-electron chi connectivity index (χ4n) is 9.12. The number of non-ortho nitro benzene ring substituents is 2. The van der Waals surface area contributed by atoms with Gasteiger partial charge in [0.15, 0.2) is 0 Å². The normalized spacial score (nSPS) is 22.7. The molecule has 1 aliphatic heterocycles. The number of nitrogens with zero attached hydrogens (tertiary/aromatic N) is 4. The molecule has 2 aliphatic carbocycles. The zero-order valence-electron chi connectivity index (χ0n) is 36.0. The maximum atomic E-state index is 14.4. The molecule has 0 bridgehead atoms. The number of nitro benzene ring substituents is 2. The highest BCUT2D eigenvalue weighted by molar-refractivity contribution is 6.03. The molecule has 17 heteroatoms. The number of nitrogens with one attached hydrogen (secondary N) is 1. The van der Waals surface area contributed by atoms with Crippen LogP contribution in [0.2, 0.25) is 0 Å². The smallest absolute Gasteiger partial charge is 0.412 e. The van der Waals surface area contributed by atoms with Gasteiger partial charge in [-0.15, -0.1) is 6.58 Å². The summed E-state index contributed by atoms with van der Waals surface area (Å²) in [4.78, 5) is 56.3. The van der Waals surface area contributed by atoms with E-state index < -0.39 is 39.6 Å². The molecule has 1 fully saturated rings. The highest BCUT2D eigenvalue weighted by Gasteiger charge is 2.65. The predicted molar refractivity (Wildman–Crippen MR) is 237 cm³/mol. The van der Waals surface area contributed by atoms with Crippen molar-refractivity contribution in [3.63, 3.8) is 0 Å². The zero-order chi connectivity index (χ0) is 45.8. The van der Waals surface area contributed by atoms with Crippen LogP contribution in [-0.2, 0) is 21.0 Å². The second kappa shape index (κ2) is 21.8. The number of amides is 2. The number of benzene rings is 3. The molecule has 0 aromatic heterocycles. The molecule has 17 nitrogen and oxygen atoms in total. The molecular weight excluding hydrogens is 827 g/mol. The summed E-state index contributed by atoms with van der Waals surface area (Å²) < 4.78 is 19.8. The minimum Gasteiger partial charge on any atom is -0.459 e. The Morgan fingerprint density at radius 3 is 2.30 bits per heavy atom. The Morgan fingerprint density at radius 1 is 0.984 bits per heavy atom. The van der Waals surface area contributed by atoms with Gasteiger partial charge in [0.05, 0.1) is 28.1 Å². The number of aliphatic hydroxyl groups is 2. The number of unbranched alkanes of at least 4 members (excludes halogenated alkanes) is 2. The summed E-state index contributed by atoms with van der Waals surface area (Å²) in [5, 5.41) is 49.8. The number of hydrogen-bond donors (Lipinski definition) is 3. The largest absolute Gasteiger partial charge is 0.459 e. The SMILES string of the molecule is C=CCOC12Oc3ccc(OC(=O)NCC)cc3C3C(CCCCO)C(CCCCO)C=C(C(=NOCc4ccc([N+](=O)[O-])cc4)CC1N(C)C(=O)C=Cc1ccc([N+](=O)[O-])cc1)C32. The van der Waals surface area contributed by atoms with Crippen molar-refractivity contribution in [3.05, 3.63) is 134 Å². The lowest BCUT2D eigenvalue weighted by Gasteiger charge is -2.59. The molecule has 1 heterocycles. The quantitative estimate of drug-likeness (QED) is 0.0309. The summed E-state index contributed by atoms with van der Waals surface area (Å²) in [6.45, 7) is 6.17. The van der Waals surface area contributed by atoms with Gasteiger partial charge in [-0.2, -0.15) is 0 Å². The average Bonchev–Trinajstić information content (AvgIpc) is 3.29. The number of carbonyl (C=O) groups is 2. The van der Waals surface area contributed by atoms with Gasteiger partial charge in [0.2, 0.25) is 11.7 Å². The number of hydrogen-bond acceptors (Lipinski definition) is 13. The van der Waals surface area contributed by atoms with Crippen molar-refractivity contribution in [2.45, 2.75) is 76.2 Å². The van der Waals surface area contributed by atoms with E-state index in [0.717, 1.165) is 24.0 Å². The van der Waals surface area contributed by atoms with Gasteiger partial charge in [-0.1, -0.05) is 30.1 Å². The number of fused-ring (bicyclic) bond motifs is 2. The third-order valence-corrected chi connectivity index (χ3v) is 12.1. The third-order valence-electron chi connectivity index (χ3n) is 12.1. The van der Waals surface area contributed by atoms with Crippen LogP contribution in [-0.4, -0.2) is 87.9 Å². The Morgan fingerprint density at radius 2 is 1.66 bits per heavy atom. The van der Waals surface area contributed by atoms with Gasteiger partial charge in [-0.05, 0) is 110 Å². The molecule has 2 amide bonds. The first-order valence-electron chi connectivity index (χ1n) is 21.5. The molecule has 3 N–H and O–H groups in total. The topological polar surface area (TPSA) is 225 Å². The predicted octanol–water partition coefficient (Wildman–Crippen LogP) is 7.62. The van der Waals surface area contributed by atoms with Crippen molar-refractivity contribution >= 4 is 35.2 Å². The number of nitro groups is 2. The highest BCUT2D eigenvalue weighted by atomic mass is 16.7. The monoisotopic (exact) mass is 881 g/mol. The first-order valence-corrected chi connectivity index (χ1v) is 21.5. The number of carbonyl (C=O) groups excluding carboxylic acids is 2. The van der Waals surface area contributed by atoms with Crippen molar-refractivity contribution in [3.8, 4) is 11.5 Å². The van der Waals surface area contributed by atoms with Crippen LogP contribution in [0.25, 0.3) is 6.08 Å². The van der Waals surface area contributed by atoms with E-state index in [-0.39, 0.29) is 62.0 Å². The van der Waals surface area contributed by atoms with Crippen molar-refractivity contribution in [2.75, 3.05) is 33.4 Å². The molecule has 3 aromatic rings. The molecule has 0 saturated heterocycles. The van der Waals surface area contributed by atoms with Crippen LogP contribution in [0.4, 0.5) is 16.2 Å². The van der Waals surface area contributed by atoms with Crippen LogP contribution in [0.3, 0.4) is 0 Å². The number of oxime groups is 1. The molecule has 3 aromatic carbocycles. The third kappa shape index (κ3) is 10.7. The van der Waals surface area contributed by atoms with E-state index in [1.807, 2.05) is 6.07 Å². The van der Waals surface area contributed by atoms with Gasteiger partial charge in [0.1, 0.15) is 24.1 Å². The van der Waals surface area contributed by atoms with Crippen molar-refractivity contribution < 1.29 is 48.7 Å². The summed E-state index contributed by atoms with van der Waals surface area (Å²) in [6.07, 6.45) is 10.2. The fourth-order valence-corrected chi connectivity index (χ4v) is 9.12. The molecule has 6 rings (SSSR count). The molecule has 6 atom stereocenters. The van der Waals surface area contributed by atoms with Gasteiger partial charge < -0.3 is 39.5 Å². The Hall–Kier alpha value is -6.43. The minimum atomic E-state index is -1.55. The van der Waals surface area contributed by atoms with E-state index >= 15 is 0 Å². The van der Waals surface area contributed by atoms with E-state index in [1.165, 1.54) is 35.2 Å². The Balaban J connectivity index is 1.52. The van der Waals surface area contributed by atoms with E-state index in [2.05, 4.69) is 18.0 Å². The zero-order valence-corrected chi connectivity index (χ0v) is 36.0. The number of allylic oxidation sites excluding steroid dienone is 1. The van der Waals surface area contributed by atoms with E-state index in [0.29, 0.717) is 60.6 Å². The molecule has 340 valence electrons. The number of aliphatic hydroxyl groups excluding tert-OH is 2. The first kappa shape index (κ1) is 47.1. The summed E-state index contributed by atoms with van der Waals surface area (Å²) >= 11 is 0. The van der Waals surface area contributed by atoms with Crippen molar-refractivity contribution in [1.82, 2.24) is 10.2 Å². The fraction of sp³-hybridized carbons (Fsp3) is 0.426. The summed E-state index contributed by atoms with van der Waals surface area (Å²) in [7, 11) is 1.65. The van der Waals surface area contributed by atoms with E-state index in [1.54, 1.807) is 62.5 Å². The lowest BCUT2D eigenvalue weighted by Crippen LogP contribution is -2.69. The van der Waals surface area contributed by atoms with Crippen LogP contribution in [0.1, 0.15) is 74.5 Å². The van der Waals surface area contributed by atoms with Crippen molar-refractivity contribution in [1.29, 1.82) is 0 Å². The second-order valence-electron chi connectivity index (χ2n) is 16.0. The molecule has 0 radical (unpaired) electrons. The molecule has 1 saturated carbocycles. The highest BCUT2D eigenvalue weighted by Crippen LogP contribution is 2.61. The van der Waals surface area contributed by atoms with Crippen LogP contribution in [0.5, 0.6) is 11.5 Å². The standard InChI is InChI=1S/C47H55N5O12/c1-4-26-61-47-42(50(3)43(55)23-16-31-12-17-34(18-13-31)51(57)58)29-40(49-62-30-32-14-19-35(20-15-32)52(59)60)38-27-33(10-6-8-24-53)37(11-7-9-25-54)44(45(38)47)39-28-36(21-22-41(39)64-47)63-46(56)48-5-2/h4,12-23,27-28,33,37,42,44-45,53-54H,1,5-11,24-26,29-30H2,2-3H3,(H,48,56). The summed E-state index contributed by atoms with van der Waals surface area (Å²) in [5.74, 6) is -2.36. The van der Waals surface area contributed by atoms with Gasteiger partial charge in [-0.25, -0.2) is 4.79 Å². The average molecular weight is 882 g/mol. The van der Waals surface area contributed by atoms with Crippen LogP contribution < -0.4 is 14.8 Å². The van der Waals surface area contributed by atoms with Crippen LogP contribution in [0, 0.1) is 38.0 Å². The Bertz CT molecular complexity index is 2240. The Kier molecular flexibility index (Phi) is 16.0. The second-order valence-corrected chi connectivity index (χ2v) is 16.0. The molecule has 64 heavy (non-hydrogen) atoms. The molecule has 3 aliphatic rings. The molecular formula is C47H55N5O12. The van der Waals surface area contributed by atoms with Crippen LogP contribution >= 0.6 is 0 Å². The lowest BCUT2D eigenvalue weighted by molar-refractivity contribution is -0.385. The van der Waals surface area contributed by atoms with E-state index in [9.17, 15) is 40.0 Å². The van der Waals surface area contributed by atoms with Gasteiger partial charge in [0, 0.05) is 75.0 Å². The number of ether oxygens (including phenoxy) is 3. The van der Waals surface area contributed by atoms with Gasteiger partial charge in [0.25, 0.3) is 11.4 Å². The summed E-state index contributed by atoms with van der Waals surface area (Å²) in [5.41, 5.74) is 3.14. The van der Waals surface area contributed by atoms with Gasteiger partial charge >= 0.3 is 6.09 Å². The van der Waals surface area contributed by atoms with E-state index in [4.69, 9.17) is 24.2 Å². The minimum absolute atomic E-state index is 0.0119. The number of likely N-dealkylation sites (N-methyl/N-ethyl adjacent to an activating group) is 1. The lowest BCUT2D eigenvalue weighted by atomic mass is 9.55. The maximum Gasteiger partial charge on any atom is 0.412 e. The maximum absolute atomic E-state index is 14.4. The molecule has 0 spiro atoms. The first-order chi connectivity index (χ1) is 30.9. The van der Waals surface area contributed by atoms with Gasteiger partial charge in [-0.3, -0.25) is 25.0 Å². The van der Waals surface area contributed by atoms with Crippen LogP contribution in [0.15, 0.2) is 102 Å². The van der Waals surface area contributed by atoms with Crippen molar-refractivity contribution in [2.24, 2.45) is 22.9 Å². The number of rotatable bonds is 21. The molecule has 6 unspecified atom stereocenters.